The highest BCUT2D eigenvalue weighted by Gasteiger charge is 2.10. The van der Waals surface area contributed by atoms with Gasteiger partial charge in [0.25, 0.3) is 0 Å². The van der Waals surface area contributed by atoms with E-state index in [0.717, 1.165) is 11.3 Å². The third kappa shape index (κ3) is 3.32. The smallest absolute Gasteiger partial charge is 0.358 e. The van der Waals surface area contributed by atoms with Gasteiger partial charge >= 0.3 is 5.97 Å². The van der Waals surface area contributed by atoms with Crippen molar-refractivity contribution in [1.82, 2.24) is 10.5 Å². The second-order valence-corrected chi connectivity index (χ2v) is 3.90. The molecule has 0 spiro atoms. The van der Waals surface area contributed by atoms with Gasteiger partial charge in [-0.15, -0.1) is 0 Å². The van der Waals surface area contributed by atoms with Crippen LogP contribution < -0.4 is 10.1 Å². The van der Waals surface area contributed by atoms with Crippen molar-refractivity contribution < 1.29 is 19.2 Å². The molecule has 0 aliphatic carbocycles. The molecule has 0 amide bonds. The van der Waals surface area contributed by atoms with Crippen molar-refractivity contribution in [2.45, 2.75) is 13.1 Å². The van der Waals surface area contributed by atoms with E-state index in [1.54, 1.807) is 7.11 Å². The number of ether oxygens (including phenoxy) is 1. The van der Waals surface area contributed by atoms with Gasteiger partial charge in [-0.3, -0.25) is 0 Å². The third-order valence-electron chi connectivity index (χ3n) is 2.59. The number of rotatable bonds is 6. The molecule has 2 aromatic rings. The number of carboxylic acid groups (broad SMARTS) is 1. The van der Waals surface area contributed by atoms with Crippen LogP contribution in [0.15, 0.2) is 34.9 Å². The highest BCUT2D eigenvalue weighted by atomic mass is 16.5. The van der Waals surface area contributed by atoms with Crippen molar-refractivity contribution in [3.05, 3.63) is 47.3 Å². The number of methoxy groups -OCH3 is 1. The number of nitrogens with zero attached hydrogens (tertiary/aromatic N) is 1. The minimum absolute atomic E-state index is 0.0888. The van der Waals surface area contributed by atoms with E-state index in [0.29, 0.717) is 18.8 Å². The van der Waals surface area contributed by atoms with Gasteiger partial charge in [-0.2, -0.15) is 0 Å². The molecule has 0 atom stereocenters. The Morgan fingerprint density at radius 2 is 2.21 bits per heavy atom. The Labute approximate surface area is 110 Å². The van der Waals surface area contributed by atoms with Gasteiger partial charge in [0.05, 0.1) is 13.7 Å². The molecule has 2 N–H and O–H groups in total. The Balaban J connectivity index is 1.90. The number of aromatic nitrogens is 1. The molecule has 100 valence electrons. The number of hydrogen-bond acceptors (Lipinski definition) is 5. The Morgan fingerprint density at radius 1 is 1.42 bits per heavy atom. The first-order valence-corrected chi connectivity index (χ1v) is 5.72. The lowest BCUT2D eigenvalue weighted by atomic mass is 10.2. The quantitative estimate of drug-likeness (QED) is 0.823. The SMILES string of the molecule is COc1ccccc1CNCc1cc(C(=O)O)no1. The molecular weight excluding hydrogens is 248 g/mol. The summed E-state index contributed by atoms with van der Waals surface area (Å²) in [6.45, 7) is 0.992. The molecule has 6 heteroatoms. The number of carboxylic acids is 1. The predicted octanol–water partition coefficient (Wildman–Crippen LogP) is 1.67. The maximum absolute atomic E-state index is 10.6. The van der Waals surface area contributed by atoms with E-state index in [2.05, 4.69) is 10.5 Å². The number of nitrogens with one attached hydrogen (secondary N) is 1. The summed E-state index contributed by atoms with van der Waals surface area (Å²) in [5.41, 5.74) is 0.928. The van der Waals surface area contributed by atoms with Gasteiger partial charge in [-0.25, -0.2) is 4.79 Å². The van der Waals surface area contributed by atoms with E-state index < -0.39 is 5.97 Å². The number of hydrogen-bond donors (Lipinski definition) is 2. The van der Waals surface area contributed by atoms with Crippen molar-refractivity contribution in [1.29, 1.82) is 0 Å². The summed E-state index contributed by atoms with van der Waals surface area (Å²) in [5.74, 6) is 0.186. The topological polar surface area (TPSA) is 84.6 Å². The predicted molar refractivity (Wildman–Crippen MR) is 67.0 cm³/mol. The molecule has 0 aliphatic heterocycles. The first kappa shape index (κ1) is 13.1. The fourth-order valence-corrected chi connectivity index (χ4v) is 1.67. The third-order valence-corrected chi connectivity index (χ3v) is 2.59. The molecule has 0 unspecified atom stereocenters. The van der Waals surface area contributed by atoms with Crippen molar-refractivity contribution in [2.75, 3.05) is 7.11 Å². The summed E-state index contributed by atoms with van der Waals surface area (Å²) in [6, 6.07) is 9.06. The summed E-state index contributed by atoms with van der Waals surface area (Å²) in [4.78, 5) is 10.6. The summed E-state index contributed by atoms with van der Waals surface area (Å²) in [5, 5.41) is 15.3. The van der Waals surface area contributed by atoms with Crippen LogP contribution in [0.5, 0.6) is 5.75 Å². The summed E-state index contributed by atoms with van der Waals surface area (Å²) in [6.07, 6.45) is 0. The highest BCUT2D eigenvalue weighted by molar-refractivity contribution is 5.85. The Morgan fingerprint density at radius 3 is 2.89 bits per heavy atom. The number of aromatic carboxylic acids is 1. The van der Waals surface area contributed by atoms with Crippen LogP contribution >= 0.6 is 0 Å². The van der Waals surface area contributed by atoms with E-state index >= 15 is 0 Å². The molecule has 2 rings (SSSR count). The zero-order valence-electron chi connectivity index (χ0n) is 10.4. The van der Waals surface area contributed by atoms with E-state index in [9.17, 15) is 4.79 Å². The molecule has 0 saturated carbocycles. The maximum Gasteiger partial charge on any atom is 0.358 e. The molecule has 0 aliphatic rings. The number of para-hydroxylation sites is 1. The van der Waals surface area contributed by atoms with Gasteiger partial charge < -0.3 is 19.7 Å². The zero-order valence-corrected chi connectivity index (χ0v) is 10.4. The van der Waals surface area contributed by atoms with E-state index in [1.165, 1.54) is 6.07 Å². The molecule has 6 nitrogen and oxygen atoms in total. The molecule has 0 bridgehead atoms. The monoisotopic (exact) mass is 262 g/mol. The van der Waals surface area contributed by atoms with Crippen LogP contribution in [0.2, 0.25) is 0 Å². The second kappa shape index (κ2) is 6.01. The number of benzene rings is 1. The first-order valence-electron chi connectivity index (χ1n) is 5.72. The molecule has 19 heavy (non-hydrogen) atoms. The lowest BCUT2D eigenvalue weighted by Gasteiger charge is -2.08. The molecule has 1 aromatic heterocycles. The van der Waals surface area contributed by atoms with Gasteiger partial charge in [0.1, 0.15) is 5.75 Å². The molecule has 1 heterocycles. The molecule has 0 radical (unpaired) electrons. The summed E-state index contributed by atoms with van der Waals surface area (Å²) < 4.78 is 10.1. The lowest BCUT2D eigenvalue weighted by molar-refractivity contribution is 0.0685. The van der Waals surface area contributed by atoms with Gasteiger partial charge in [0.15, 0.2) is 11.5 Å². The van der Waals surface area contributed by atoms with Crippen molar-refractivity contribution >= 4 is 5.97 Å². The van der Waals surface area contributed by atoms with E-state index in [-0.39, 0.29) is 5.69 Å². The van der Waals surface area contributed by atoms with Gasteiger partial charge in [0.2, 0.25) is 0 Å². The Kier molecular flexibility index (Phi) is 4.15. The molecular formula is C13H14N2O4. The zero-order chi connectivity index (χ0) is 13.7. The largest absolute Gasteiger partial charge is 0.496 e. The van der Waals surface area contributed by atoms with E-state index in [1.807, 2.05) is 24.3 Å². The minimum atomic E-state index is -1.10. The van der Waals surface area contributed by atoms with Crippen LogP contribution in [0.3, 0.4) is 0 Å². The summed E-state index contributed by atoms with van der Waals surface area (Å²) in [7, 11) is 1.62. The fraction of sp³-hybridized carbons (Fsp3) is 0.231. The first-order chi connectivity index (χ1) is 9.20. The van der Waals surface area contributed by atoms with Crippen molar-refractivity contribution in [3.8, 4) is 5.75 Å². The standard InChI is InChI=1S/C13H14N2O4/c1-18-12-5-3-2-4-9(12)7-14-8-10-6-11(13(16)17)15-19-10/h2-6,14H,7-8H2,1H3,(H,16,17). The lowest BCUT2D eigenvalue weighted by Crippen LogP contribution is -2.12. The molecule has 0 saturated heterocycles. The average molecular weight is 262 g/mol. The van der Waals surface area contributed by atoms with Crippen LogP contribution in [-0.4, -0.2) is 23.3 Å². The number of carbonyl (C=O) groups is 1. The van der Waals surface area contributed by atoms with Crippen LogP contribution in [0.25, 0.3) is 0 Å². The maximum atomic E-state index is 10.6. The van der Waals surface area contributed by atoms with Gasteiger partial charge in [0, 0.05) is 18.2 Å². The van der Waals surface area contributed by atoms with Crippen LogP contribution in [0.1, 0.15) is 21.8 Å². The van der Waals surface area contributed by atoms with Crippen molar-refractivity contribution in [3.63, 3.8) is 0 Å². The van der Waals surface area contributed by atoms with Gasteiger partial charge in [-0.05, 0) is 6.07 Å². The fourth-order valence-electron chi connectivity index (χ4n) is 1.67. The second-order valence-electron chi connectivity index (χ2n) is 3.90. The Hall–Kier alpha value is -2.34. The molecule has 0 fully saturated rings. The van der Waals surface area contributed by atoms with Crippen LogP contribution in [0.4, 0.5) is 0 Å². The average Bonchev–Trinajstić information content (AvgIpc) is 2.88. The minimum Gasteiger partial charge on any atom is -0.496 e. The van der Waals surface area contributed by atoms with Gasteiger partial charge in [-0.1, -0.05) is 23.4 Å². The van der Waals surface area contributed by atoms with Crippen LogP contribution in [0, 0.1) is 0 Å². The van der Waals surface area contributed by atoms with E-state index in [4.69, 9.17) is 14.4 Å². The molecule has 1 aromatic carbocycles. The van der Waals surface area contributed by atoms with Crippen LogP contribution in [-0.2, 0) is 13.1 Å². The normalized spacial score (nSPS) is 10.4. The summed E-state index contributed by atoms with van der Waals surface area (Å²) >= 11 is 0. The van der Waals surface area contributed by atoms with Crippen molar-refractivity contribution in [2.24, 2.45) is 0 Å². The highest BCUT2D eigenvalue weighted by Crippen LogP contribution is 2.16. The Bertz CT molecular complexity index is 565.